The van der Waals surface area contributed by atoms with Crippen LogP contribution in [0.4, 0.5) is 0 Å². The van der Waals surface area contributed by atoms with Crippen LogP contribution in [0.1, 0.15) is 59.8 Å². The Labute approximate surface area is 108 Å². The molecule has 1 rings (SSSR count). The van der Waals surface area contributed by atoms with E-state index in [0.717, 1.165) is 18.4 Å². The molecule has 2 N–H and O–H groups in total. The van der Waals surface area contributed by atoms with Gasteiger partial charge in [-0.25, -0.2) is 0 Å². The normalized spacial score (nSPS) is 32.1. The molecule has 0 aliphatic heterocycles. The topological polar surface area (TPSA) is 29.3 Å². The number of hydrogen-bond acceptors (Lipinski definition) is 2. The van der Waals surface area contributed by atoms with Crippen LogP contribution in [0.2, 0.25) is 0 Å². The summed E-state index contributed by atoms with van der Waals surface area (Å²) in [6, 6.07) is 0.638. The van der Waals surface area contributed by atoms with E-state index in [1.54, 1.807) is 0 Å². The first-order valence-corrected chi connectivity index (χ1v) is 7.37. The SMILES string of the molecule is CC(C)CC(C)N(C)C1(CN)CCCCC1C. The van der Waals surface area contributed by atoms with Crippen molar-refractivity contribution >= 4 is 0 Å². The van der Waals surface area contributed by atoms with Gasteiger partial charge < -0.3 is 5.73 Å². The van der Waals surface area contributed by atoms with Gasteiger partial charge in [-0.3, -0.25) is 4.90 Å². The Bertz CT molecular complexity index is 227. The maximum absolute atomic E-state index is 6.16. The van der Waals surface area contributed by atoms with Crippen molar-refractivity contribution in [1.29, 1.82) is 0 Å². The number of hydrogen-bond donors (Lipinski definition) is 1. The van der Waals surface area contributed by atoms with E-state index >= 15 is 0 Å². The van der Waals surface area contributed by atoms with Crippen molar-refractivity contribution in [2.75, 3.05) is 13.6 Å². The van der Waals surface area contributed by atoms with Crippen LogP contribution in [0, 0.1) is 11.8 Å². The van der Waals surface area contributed by atoms with Crippen molar-refractivity contribution < 1.29 is 0 Å². The van der Waals surface area contributed by atoms with Gasteiger partial charge in [0.25, 0.3) is 0 Å². The molecule has 0 radical (unpaired) electrons. The van der Waals surface area contributed by atoms with E-state index < -0.39 is 0 Å². The Hall–Kier alpha value is -0.0800. The van der Waals surface area contributed by atoms with Gasteiger partial charge in [0.05, 0.1) is 0 Å². The first-order valence-electron chi connectivity index (χ1n) is 7.37. The summed E-state index contributed by atoms with van der Waals surface area (Å²) in [5.74, 6) is 1.50. The molecule has 2 heteroatoms. The molecule has 0 spiro atoms. The Morgan fingerprint density at radius 3 is 2.41 bits per heavy atom. The quantitative estimate of drug-likeness (QED) is 0.799. The zero-order valence-electron chi connectivity index (χ0n) is 12.5. The smallest absolute Gasteiger partial charge is 0.0356 e. The molecule has 3 atom stereocenters. The van der Waals surface area contributed by atoms with Crippen molar-refractivity contribution in [2.24, 2.45) is 17.6 Å². The standard InChI is InChI=1S/C15H32N2/c1-12(2)10-14(4)17(5)15(11-16)9-7-6-8-13(15)3/h12-14H,6-11,16H2,1-5H3. The Morgan fingerprint density at radius 2 is 1.94 bits per heavy atom. The van der Waals surface area contributed by atoms with Gasteiger partial charge in [-0.1, -0.05) is 33.6 Å². The van der Waals surface area contributed by atoms with E-state index in [1.807, 2.05) is 0 Å². The highest BCUT2D eigenvalue weighted by molar-refractivity contribution is 4.98. The number of rotatable bonds is 5. The molecule has 0 aromatic heterocycles. The Balaban J connectivity index is 2.76. The molecule has 102 valence electrons. The van der Waals surface area contributed by atoms with E-state index in [-0.39, 0.29) is 5.54 Å². The van der Waals surface area contributed by atoms with Crippen molar-refractivity contribution in [2.45, 2.75) is 71.4 Å². The molecule has 17 heavy (non-hydrogen) atoms. The summed E-state index contributed by atoms with van der Waals surface area (Å²) in [5.41, 5.74) is 6.41. The van der Waals surface area contributed by atoms with Crippen LogP contribution in [0.15, 0.2) is 0 Å². The highest BCUT2D eigenvalue weighted by Gasteiger charge is 2.41. The van der Waals surface area contributed by atoms with Crippen LogP contribution in [0.3, 0.4) is 0 Å². The molecule has 0 saturated heterocycles. The highest BCUT2D eigenvalue weighted by Crippen LogP contribution is 2.38. The van der Waals surface area contributed by atoms with Gasteiger partial charge >= 0.3 is 0 Å². The molecular formula is C15H32N2. The minimum Gasteiger partial charge on any atom is -0.329 e. The summed E-state index contributed by atoms with van der Waals surface area (Å²) in [5, 5.41) is 0. The highest BCUT2D eigenvalue weighted by atomic mass is 15.2. The van der Waals surface area contributed by atoms with E-state index in [0.29, 0.717) is 6.04 Å². The lowest BCUT2D eigenvalue weighted by molar-refractivity contribution is 0.00185. The third-order valence-corrected chi connectivity index (χ3v) is 4.94. The van der Waals surface area contributed by atoms with Crippen molar-refractivity contribution in [3.05, 3.63) is 0 Å². The Morgan fingerprint density at radius 1 is 1.29 bits per heavy atom. The molecule has 0 heterocycles. The largest absolute Gasteiger partial charge is 0.329 e. The van der Waals surface area contributed by atoms with Crippen molar-refractivity contribution in [1.82, 2.24) is 4.90 Å². The fraction of sp³-hybridized carbons (Fsp3) is 1.00. The maximum Gasteiger partial charge on any atom is 0.0356 e. The second-order valence-corrected chi connectivity index (χ2v) is 6.54. The predicted molar refractivity (Wildman–Crippen MR) is 76.1 cm³/mol. The van der Waals surface area contributed by atoms with Crippen molar-refractivity contribution in [3.63, 3.8) is 0 Å². The third kappa shape index (κ3) is 3.23. The fourth-order valence-electron chi connectivity index (χ4n) is 3.65. The van der Waals surface area contributed by atoms with Gasteiger partial charge in [0.2, 0.25) is 0 Å². The van der Waals surface area contributed by atoms with Crippen LogP contribution in [0.25, 0.3) is 0 Å². The molecule has 0 bridgehead atoms. The molecule has 1 aliphatic carbocycles. The zero-order chi connectivity index (χ0) is 13.1. The van der Waals surface area contributed by atoms with Gasteiger partial charge in [-0.2, -0.15) is 0 Å². The minimum absolute atomic E-state index is 0.257. The molecule has 1 aliphatic rings. The van der Waals surface area contributed by atoms with Gasteiger partial charge in [0.1, 0.15) is 0 Å². The summed E-state index contributed by atoms with van der Waals surface area (Å²) in [6.45, 7) is 10.2. The lowest BCUT2D eigenvalue weighted by atomic mass is 9.72. The molecule has 0 aromatic rings. The second kappa shape index (κ2) is 6.19. The van der Waals surface area contributed by atoms with Crippen LogP contribution in [-0.2, 0) is 0 Å². The van der Waals surface area contributed by atoms with E-state index in [2.05, 4.69) is 39.6 Å². The third-order valence-electron chi connectivity index (χ3n) is 4.94. The lowest BCUT2D eigenvalue weighted by Gasteiger charge is -2.51. The second-order valence-electron chi connectivity index (χ2n) is 6.54. The summed E-state index contributed by atoms with van der Waals surface area (Å²) in [4.78, 5) is 2.59. The summed E-state index contributed by atoms with van der Waals surface area (Å²) in [7, 11) is 2.29. The van der Waals surface area contributed by atoms with Gasteiger partial charge in [0.15, 0.2) is 0 Å². The van der Waals surface area contributed by atoms with Gasteiger partial charge in [-0.05, 0) is 45.1 Å². The average Bonchev–Trinajstić information content (AvgIpc) is 2.28. The van der Waals surface area contributed by atoms with Gasteiger partial charge in [-0.15, -0.1) is 0 Å². The molecule has 3 unspecified atom stereocenters. The molecule has 1 fully saturated rings. The molecule has 2 nitrogen and oxygen atoms in total. The molecule has 0 aromatic carbocycles. The van der Waals surface area contributed by atoms with Crippen LogP contribution in [0.5, 0.6) is 0 Å². The maximum atomic E-state index is 6.16. The predicted octanol–water partition coefficient (Wildman–Crippen LogP) is 3.26. The zero-order valence-corrected chi connectivity index (χ0v) is 12.5. The average molecular weight is 240 g/mol. The van der Waals surface area contributed by atoms with E-state index in [1.165, 1.54) is 32.1 Å². The first-order chi connectivity index (χ1) is 7.94. The number of nitrogens with two attached hydrogens (primary N) is 1. The van der Waals surface area contributed by atoms with Gasteiger partial charge in [0, 0.05) is 18.1 Å². The van der Waals surface area contributed by atoms with Crippen LogP contribution in [-0.4, -0.2) is 30.1 Å². The monoisotopic (exact) mass is 240 g/mol. The van der Waals surface area contributed by atoms with Crippen molar-refractivity contribution in [3.8, 4) is 0 Å². The first kappa shape index (κ1) is 15.0. The van der Waals surface area contributed by atoms with E-state index in [9.17, 15) is 0 Å². The van der Waals surface area contributed by atoms with Crippen LogP contribution >= 0.6 is 0 Å². The van der Waals surface area contributed by atoms with Crippen LogP contribution < -0.4 is 5.73 Å². The molecular weight excluding hydrogens is 208 g/mol. The summed E-state index contributed by atoms with van der Waals surface area (Å²) < 4.78 is 0. The van der Waals surface area contributed by atoms with E-state index in [4.69, 9.17) is 5.73 Å². The number of nitrogens with zero attached hydrogens (tertiary/aromatic N) is 1. The lowest BCUT2D eigenvalue weighted by Crippen LogP contribution is -2.60. The molecule has 1 saturated carbocycles. The summed E-state index contributed by atoms with van der Waals surface area (Å²) >= 11 is 0. The fourth-order valence-corrected chi connectivity index (χ4v) is 3.65. The Kier molecular flexibility index (Phi) is 5.46. The summed E-state index contributed by atoms with van der Waals surface area (Å²) in [6.07, 6.45) is 6.63. The molecule has 0 amide bonds. The number of likely N-dealkylation sites (N-methyl/N-ethyl adjacent to an activating group) is 1. The minimum atomic E-state index is 0.257.